The number of carbonyl (C=O) groups excluding carboxylic acids is 1. The molecule has 0 atom stereocenters. The van der Waals surface area contributed by atoms with Crippen LogP contribution in [0.15, 0.2) is 36.4 Å². The van der Waals surface area contributed by atoms with Gasteiger partial charge in [0.05, 0.1) is 4.88 Å². The summed E-state index contributed by atoms with van der Waals surface area (Å²) in [5, 5.41) is 0. The van der Waals surface area contributed by atoms with Gasteiger partial charge in [-0.25, -0.2) is 0 Å². The molecule has 1 nitrogen and oxygen atoms in total. The number of aryl methyl sites for hydroxylation is 1. The Bertz CT molecular complexity index is 522. The maximum absolute atomic E-state index is 11.3. The topological polar surface area (TPSA) is 17.1 Å². The van der Waals surface area contributed by atoms with Crippen molar-refractivity contribution in [1.29, 1.82) is 0 Å². The molecule has 0 saturated carbocycles. The van der Waals surface area contributed by atoms with Crippen molar-refractivity contribution in [3.63, 3.8) is 0 Å². The number of rotatable bonds is 5. The highest BCUT2D eigenvalue weighted by atomic mass is 32.1. The van der Waals surface area contributed by atoms with E-state index in [1.54, 1.807) is 18.3 Å². The fourth-order valence-electron chi connectivity index (χ4n) is 1.90. The summed E-state index contributed by atoms with van der Waals surface area (Å²) in [6, 6.07) is 12.6. The standard InChI is InChI=1S/C16H18OS/c1-3-4-5-13-6-8-14(9-7-13)16-11-10-15(18-16)12(2)17/h6-11H,3-5H2,1-2H3. The molecule has 0 saturated heterocycles. The molecule has 2 rings (SSSR count). The molecule has 0 radical (unpaired) electrons. The minimum atomic E-state index is 0.144. The summed E-state index contributed by atoms with van der Waals surface area (Å²) in [4.78, 5) is 13.3. The second-order valence-corrected chi connectivity index (χ2v) is 5.60. The van der Waals surface area contributed by atoms with Gasteiger partial charge in [0.1, 0.15) is 0 Å². The summed E-state index contributed by atoms with van der Waals surface area (Å²) >= 11 is 1.57. The van der Waals surface area contributed by atoms with Gasteiger partial charge < -0.3 is 0 Å². The number of hydrogen-bond donors (Lipinski definition) is 0. The molecule has 0 spiro atoms. The summed E-state index contributed by atoms with van der Waals surface area (Å²) in [6.07, 6.45) is 3.63. The van der Waals surface area contributed by atoms with Gasteiger partial charge in [0.2, 0.25) is 0 Å². The van der Waals surface area contributed by atoms with Crippen molar-refractivity contribution in [2.45, 2.75) is 33.1 Å². The molecule has 0 bridgehead atoms. The third-order valence-electron chi connectivity index (χ3n) is 3.01. The Balaban J connectivity index is 2.15. The Morgan fingerprint density at radius 2 is 1.83 bits per heavy atom. The number of unbranched alkanes of at least 4 members (excludes halogenated alkanes) is 1. The third-order valence-corrected chi connectivity index (χ3v) is 4.25. The molecule has 2 aromatic rings. The van der Waals surface area contributed by atoms with Gasteiger partial charge in [-0.1, -0.05) is 37.6 Å². The fourth-order valence-corrected chi connectivity index (χ4v) is 2.81. The van der Waals surface area contributed by atoms with E-state index < -0.39 is 0 Å². The second kappa shape index (κ2) is 5.96. The maximum Gasteiger partial charge on any atom is 0.169 e. The van der Waals surface area contributed by atoms with Crippen molar-refractivity contribution in [2.75, 3.05) is 0 Å². The monoisotopic (exact) mass is 258 g/mol. The number of Topliss-reactive ketones (excluding diaryl/α,β-unsaturated/α-hetero) is 1. The fraction of sp³-hybridized carbons (Fsp3) is 0.312. The summed E-state index contributed by atoms with van der Waals surface area (Å²) < 4.78 is 0. The second-order valence-electron chi connectivity index (χ2n) is 4.52. The number of carbonyl (C=O) groups is 1. The molecule has 0 aliphatic carbocycles. The van der Waals surface area contributed by atoms with Gasteiger partial charge in [0, 0.05) is 4.88 Å². The first-order chi connectivity index (χ1) is 8.70. The summed E-state index contributed by atoms with van der Waals surface area (Å²) in [5.74, 6) is 0.144. The van der Waals surface area contributed by atoms with E-state index in [-0.39, 0.29) is 5.78 Å². The molecule has 0 fully saturated rings. The van der Waals surface area contributed by atoms with Crippen molar-refractivity contribution in [1.82, 2.24) is 0 Å². The number of benzene rings is 1. The van der Waals surface area contributed by atoms with E-state index in [1.807, 2.05) is 12.1 Å². The lowest BCUT2D eigenvalue weighted by atomic mass is 10.1. The largest absolute Gasteiger partial charge is 0.294 e. The van der Waals surface area contributed by atoms with E-state index in [0.29, 0.717) is 0 Å². The van der Waals surface area contributed by atoms with Crippen LogP contribution in [0.3, 0.4) is 0 Å². The van der Waals surface area contributed by atoms with Crippen LogP contribution in [0.1, 0.15) is 41.9 Å². The normalized spacial score (nSPS) is 10.6. The first kappa shape index (κ1) is 13.0. The van der Waals surface area contributed by atoms with Gasteiger partial charge in [-0.15, -0.1) is 11.3 Å². The highest BCUT2D eigenvalue weighted by Gasteiger charge is 2.05. The molecule has 1 aromatic carbocycles. The van der Waals surface area contributed by atoms with Crippen molar-refractivity contribution in [2.24, 2.45) is 0 Å². The number of thiophene rings is 1. The number of hydrogen-bond acceptors (Lipinski definition) is 2. The molecule has 1 aromatic heterocycles. The minimum Gasteiger partial charge on any atom is -0.294 e. The van der Waals surface area contributed by atoms with Crippen LogP contribution >= 0.6 is 11.3 Å². The first-order valence-electron chi connectivity index (χ1n) is 6.41. The maximum atomic E-state index is 11.3. The van der Waals surface area contributed by atoms with Crippen LogP contribution in [-0.2, 0) is 6.42 Å². The smallest absolute Gasteiger partial charge is 0.169 e. The predicted molar refractivity (Wildman–Crippen MR) is 78.4 cm³/mol. The van der Waals surface area contributed by atoms with Crippen LogP contribution in [0.25, 0.3) is 10.4 Å². The molecule has 0 amide bonds. The van der Waals surface area contributed by atoms with Crippen LogP contribution in [-0.4, -0.2) is 5.78 Å². The molecular formula is C16H18OS. The lowest BCUT2D eigenvalue weighted by Gasteiger charge is -2.01. The van der Waals surface area contributed by atoms with E-state index in [9.17, 15) is 4.79 Å². The Labute approximate surface area is 112 Å². The van der Waals surface area contributed by atoms with Crippen LogP contribution in [0.5, 0.6) is 0 Å². The zero-order valence-corrected chi connectivity index (χ0v) is 11.7. The SMILES string of the molecule is CCCCc1ccc(-c2ccc(C(C)=O)s2)cc1. The molecule has 94 valence electrons. The van der Waals surface area contributed by atoms with Gasteiger partial charge in [-0.3, -0.25) is 4.79 Å². The summed E-state index contributed by atoms with van der Waals surface area (Å²) in [6.45, 7) is 3.83. The van der Waals surface area contributed by atoms with Crippen molar-refractivity contribution < 1.29 is 4.79 Å². The lowest BCUT2D eigenvalue weighted by molar-refractivity contribution is 0.102. The molecule has 1 heterocycles. The Morgan fingerprint density at radius 3 is 2.39 bits per heavy atom. The van der Waals surface area contributed by atoms with Crippen LogP contribution in [0, 0.1) is 0 Å². The quantitative estimate of drug-likeness (QED) is 0.693. The first-order valence-corrected chi connectivity index (χ1v) is 7.22. The summed E-state index contributed by atoms with van der Waals surface area (Å²) in [7, 11) is 0. The van der Waals surface area contributed by atoms with E-state index in [1.165, 1.54) is 28.8 Å². The molecule has 0 unspecified atom stereocenters. The minimum absolute atomic E-state index is 0.144. The van der Waals surface area contributed by atoms with Gasteiger partial charge in [0.15, 0.2) is 5.78 Å². The highest BCUT2D eigenvalue weighted by molar-refractivity contribution is 7.17. The van der Waals surface area contributed by atoms with Gasteiger partial charge in [0.25, 0.3) is 0 Å². The van der Waals surface area contributed by atoms with E-state index in [0.717, 1.165) is 11.3 Å². The zero-order chi connectivity index (χ0) is 13.0. The molecular weight excluding hydrogens is 240 g/mol. The molecule has 0 N–H and O–H groups in total. The van der Waals surface area contributed by atoms with Gasteiger partial charge in [-0.05, 0) is 43.0 Å². The Kier molecular flexibility index (Phi) is 4.32. The molecule has 18 heavy (non-hydrogen) atoms. The van der Waals surface area contributed by atoms with Crippen molar-refractivity contribution in [3.8, 4) is 10.4 Å². The Hall–Kier alpha value is -1.41. The highest BCUT2D eigenvalue weighted by Crippen LogP contribution is 2.28. The van der Waals surface area contributed by atoms with Crippen LogP contribution in [0.4, 0.5) is 0 Å². The van der Waals surface area contributed by atoms with Gasteiger partial charge >= 0.3 is 0 Å². The van der Waals surface area contributed by atoms with E-state index >= 15 is 0 Å². The van der Waals surface area contributed by atoms with Crippen LogP contribution < -0.4 is 0 Å². The van der Waals surface area contributed by atoms with Crippen LogP contribution in [0.2, 0.25) is 0 Å². The number of ketones is 1. The van der Waals surface area contributed by atoms with Crippen molar-refractivity contribution in [3.05, 3.63) is 46.8 Å². The van der Waals surface area contributed by atoms with Gasteiger partial charge in [-0.2, -0.15) is 0 Å². The predicted octanol–water partition coefficient (Wildman–Crippen LogP) is 4.96. The lowest BCUT2D eigenvalue weighted by Crippen LogP contribution is -1.84. The van der Waals surface area contributed by atoms with Crippen molar-refractivity contribution >= 4 is 17.1 Å². The summed E-state index contributed by atoms with van der Waals surface area (Å²) in [5.41, 5.74) is 2.59. The molecule has 2 heteroatoms. The van der Waals surface area contributed by atoms with E-state index in [4.69, 9.17) is 0 Å². The van der Waals surface area contributed by atoms with E-state index in [2.05, 4.69) is 31.2 Å². The molecule has 0 aliphatic rings. The molecule has 0 aliphatic heterocycles. The average molecular weight is 258 g/mol. The Morgan fingerprint density at radius 1 is 1.11 bits per heavy atom. The zero-order valence-electron chi connectivity index (χ0n) is 10.9. The average Bonchev–Trinajstić information content (AvgIpc) is 2.87. The third kappa shape index (κ3) is 3.08.